The number of benzene rings is 1. The lowest BCUT2D eigenvalue weighted by atomic mass is 10.1. The summed E-state index contributed by atoms with van der Waals surface area (Å²) < 4.78 is 11.5. The summed E-state index contributed by atoms with van der Waals surface area (Å²) in [5.74, 6) is 1.37. The van der Waals surface area contributed by atoms with Crippen LogP contribution < -0.4 is 14.8 Å². The first-order valence-electron chi connectivity index (χ1n) is 12.2. The normalized spacial score (nSPS) is 18.1. The van der Waals surface area contributed by atoms with Crippen molar-refractivity contribution in [1.29, 1.82) is 0 Å². The number of aromatic amines is 1. The van der Waals surface area contributed by atoms with Crippen LogP contribution in [0.25, 0.3) is 0 Å². The standard InChI is InChI=1S/C25H38N4O3/c1-31-25-14-19(15-26-16-23-21-8-7-9-22(21)27-28-23)10-11-24(25)32-18-20(30)17-29-12-5-3-2-4-6-13-29/h10-11,14,20,26,30H,2-9,12-13,15-18H2,1H3,(H,27,28)/t20-/m0/s1. The third-order valence-corrected chi connectivity index (χ3v) is 6.59. The molecule has 2 heterocycles. The van der Waals surface area contributed by atoms with Gasteiger partial charge in [-0.2, -0.15) is 5.10 Å². The Hall–Kier alpha value is -2.09. The summed E-state index contributed by atoms with van der Waals surface area (Å²) in [7, 11) is 1.66. The van der Waals surface area contributed by atoms with Gasteiger partial charge in [0.1, 0.15) is 12.7 Å². The van der Waals surface area contributed by atoms with E-state index in [1.54, 1.807) is 7.11 Å². The second-order valence-electron chi connectivity index (χ2n) is 9.10. The van der Waals surface area contributed by atoms with Crippen molar-refractivity contribution in [3.8, 4) is 11.5 Å². The molecule has 1 aliphatic heterocycles. The number of hydrogen-bond acceptors (Lipinski definition) is 6. The first-order chi connectivity index (χ1) is 15.7. The maximum absolute atomic E-state index is 10.5. The number of ether oxygens (including phenoxy) is 2. The first-order valence-corrected chi connectivity index (χ1v) is 12.2. The van der Waals surface area contributed by atoms with Crippen molar-refractivity contribution in [2.45, 2.75) is 70.6 Å². The van der Waals surface area contributed by atoms with E-state index in [9.17, 15) is 5.11 Å². The van der Waals surface area contributed by atoms with Crippen molar-refractivity contribution in [3.63, 3.8) is 0 Å². The molecule has 32 heavy (non-hydrogen) atoms. The van der Waals surface area contributed by atoms with Crippen molar-refractivity contribution in [3.05, 3.63) is 40.7 Å². The maximum atomic E-state index is 10.5. The van der Waals surface area contributed by atoms with Crippen LogP contribution in [0.3, 0.4) is 0 Å². The van der Waals surface area contributed by atoms with Crippen LogP contribution in [0.1, 0.15) is 61.0 Å². The molecule has 1 aromatic carbocycles. The van der Waals surface area contributed by atoms with Crippen LogP contribution in [-0.4, -0.2) is 59.7 Å². The molecule has 1 saturated heterocycles. The van der Waals surface area contributed by atoms with Gasteiger partial charge in [0.25, 0.3) is 0 Å². The molecule has 4 rings (SSSR count). The highest BCUT2D eigenvalue weighted by Crippen LogP contribution is 2.28. The zero-order valence-electron chi connectivity index (χ0n) is 19.4. The molecule has 0 amide bonds. The highest BCUT2D eigenvalue weighted by Gasteiger charge is 2.18. The Morgan fingerprint density at radius 1 is 1.06 bits per heavy atom. The van der Waals surface area contributed by atoms with Gasteiger partial charge in [0.05, 0.1) is 12.8 Å². The molecule has 0 unspecified atom stereocenters. The topological polar surface area (TPSA) is 82.6 Å². The summed E-state index contributed by atoms with van der Waals surface area (Å²) in [6, 6.07) is 5.98. The minimum absolute atomic E-state index is 0.273. The molecule has 7 nitrogen and oxygen atoms in total. The quantitative estimate of drug-likeness (QED) is 0.524. The van der Waals surface area contributed by atoms with Crippen LogP contribution in [0.15, 0.2) is 18.2 Å². The number of H-pyrrole nitrogens is 1. The molecule has 1 aromatic heterocycles. The Bertz CT molecular complexity index is 846. The molecular formula is C25H38N4O3. The lowest BCUT2D eigenvalue weighted by molar-refractivity contribution is 0.0645. The fourth-order valence-electron chi connectivity index (χ4n) is 4.83. The Kier molecular flexibility index (Phi) is 8.42. The van der Waals surface area contributed by atoms with E-state index in [4.69, 9.17) is 9.47 Å². The van der Waals surface area contributed by atoms with E-state index in [2.05, 4.69) is 20.4 Å². The molecule has 0 saturated carbocycles. The smallest absolute Gasteiger partial charge is 0.161 e. The van der Waals surface area contributed by atoms with Gasteiger partial charge in [0, 0.05) is 25.3 Å². The molecular weight excluding hydrogens is 404 g/mol. The van der Waals surface area contributed by atoms with Gasteiger partial charge in [0.15, 0.2) is 11.5 Å². The summed E-state index contributed by atoms with van der Waals surface area (Å²) in [5, 5.41) is 21.6. The summed E-state index contributed by atoms with van der Waals surface area (Å²) in [6.45, 7) is 4.58. The molecule has 1 fully saturated rings. The zero-order chi connectivity index (χ0) is 22.2. The number of likely N-dealkylation sites (tertiary alicyclic amines) is 1. The number of fused-ring (bicyclic) bond motifs is 1. The molecule has 2 aliphatic rings. The van der Waals surface area contributed by atoms with E-state index in [1.165, 1.54) is 49.8 Å². The first kappa shape index (κ1) is 23.1. The maximum Gasteiger partial charge on any atom is 0.161 e. The lowest BCUT2D eigenvalue weighted by Gasteiger charge is -2.26. The number of nitrogens with one attached hydrogen (secondary N) is 2. The minimum Gasteiger partial charge on any atom is -0.493 e. The fraction of sp³-hybridized carbons (Fsp3) is 0.640. The third kappa shape index (κ3) is 6.24. The van der Waals surface area contributed by atoms with Gasteiger partial charge in [-0.05, 0) is 68.5 Å². The van der Waals surface area contributed by atoms with E-state index in [0.717, 1.165) is 50.3 Å². The Labute approximate surface area is 191 Å². The van der Waals surface area contributed by atoms with E-state index in [-0.39, 0.29) is 6.61 Å². The molecule has 176 valence electrons. The van der Waals surface area contributed by atoms with Crippen molar-refractivity contribution in [2.75, 3.05) is 33.4 Å². The monoisotopic (exact) mass is 442 g/mol. The molecule has 2 aromatic rings. The number of rotatable bonds is 10. The van der Waals surface area contributed by atoms with Gasteiger partial charge in [-0.25, -0.2) is 0 Å². The molecule has 3 N–H and O–H groups in total. The Morgan fingerprint density at radius 3 is 2.69 bits per heavy atom. The van der Waals surface area contributed by atoms with Crippen molar-refractivity contribution < 1.29 is 14.6 Å². The molecule has 7 heteroatoms. The molecule has 0 bridgehead atoms. The number of aliphatic hydroxyl groups excluding tert-OH is 1. The van der Waals surface area contributed by atoms with Crippen LogP contribution in [-0.2, 0) is 25.9 Å². The zero-order valence-corrected chi connectivity index (χ0v) is 19.4. The second-order valence-corrected chi connectivity index (χ2v) is 9.10. The van der Waals surface area contributed by atoms with Gasteiger partial charge < -0.3 is 24.8 Å². The van der Waals surface area contributed by atoms with Crippen LogP contribution in [0.2, 0.25) is 0 Å². The van der Waals surface area contributed by atoms with Gasteiger partial charge in [-0.1, -0.05) is 25.3 Å². The van der Waals surface area contributed by atoms with Crippen LogP contribution in [0.4, 0.5) is 0 Å². The molecule has 1 aliphatic carbocycles. The van der Waals surface area contributed by atoms with Crippen molar-refractivity contribution in [2.24, 2.45) is 0 Å². The largest absolute Gasteiger partial charge is 0.493 e. The number of methoxy groups -OCH3 is 1. The van der Waals surface area contributed by atoms with E-state index in [0.29, 0.717) is 18.0 Å². The average Bonchev–Trinajstić information content (AvgIpc) is 3.39. The van der Waals surface area contributed by atoms with Crippen molar-refractivity contribution in [1.82, 2.24) is 20.4 Å². The average molecular weight is 443 g/mol. The number of hydrogen-bond donors (Lipinski definition) is 3. The summed E-state index contributed by atoms with van der Waals surface area (Å²) in [5.41, 5.74) is 4.97. The third-order valence-electron chi connectivity index (χ3n) is 6.59. The Morgan fingerprint density at radius 2 is 1.88 bits per heavy atom. The van der Waals surface area contributed by atoms with Gasteiger partial charge in [0.2, 0.25) is 0 Å². The van der Waals surface area contributed by atoms with Crippen molar-refractivity contribution >= 4 is 0 Å². The fourth-order valence-corrected chi connectivity index (χ4v) is 4.83. The van der Waals surface area contributed by atoms with Gasteiger partial charge >= 0.3 is 0 Å². The minimum atomic E-state index is -0.504. The predicted molar refractivity (Wildman–Crippen MR) is 125 cm³/mol. The van der Waals surface area contributed by atoms with Gasteiger partial charge in [-0.3, -0.25) is 5.10 Å². The predicted octanol–water partition coefficient (Wildman–Crippen LogP) is 3.20. The highest BCUT2D eigenvalue weighted by atomic mass is 16.5. The summed E-state index contributed by atoms with van der Waals surface area (Å²) in [4.78, 5) is 2.37. The second kappa shape index (κ2) is 11.7. The number of aryl methyl sites for hydroxylation is 1. The van der Waals surface area contributed by atoms with Crippen LogP contribution in [0, 0.1) is 0 Å². The number of nitrogens with zero attached hydrogens (tertiary/aromatic N) is 2. The summed E-state index contributed by atoms with van der Waals surface area (Å²) in [6.07, 6.45) is 9.35. The molecule has 0 radical (unpaired) electrons. The number of β-amino-alcohol motifs (C(OH)–C–C–N with tert-alkyl or cyclic N) is 1. The Balaban J connectivity index is 1.24. The van der Waals surface area contributed by atoms with E-state index < -0.39 is 6.10 Å². The SMILES string of the molecule is COc1cc(CNCc2n[nH]c3c2CCC3)ccc1OC[C@@H](O)CN1CCCCCCC1. The summed E-state index contributed by atoms with van der Waals surface area (Å²) >= 11 is 0. The number of aromatic nitrogens is 2. The molecule has 1 atom stereocenters. The number of aliphatic hydroxyl groups is 1. The van der Waals surface area contributed by atoms with Gasteiger partial charge in [-0.15, -0.1) is 0 Å². The van der Waals surface area contributed by atoms with E-state index in [1.807, 2.05) is 18.2 Å². The molecule has 0 spiro atoms. The van der Waals surface area contributed by atoms with Crippen LogP contribution in [0.5, 0.6) is 11.5 Å². The highest BCUT2D eigenvalue weighted by molar-refractivity contribution is 5.43. The van der Waals surface area contributed by atoms with Crippen LogP contribution >= 0.6 is 0 Å². The lowest BCUT2D eigenvalue weighted by Crippen LogP contribution is -2.37. The van der Waals surface area contributed by atoms with E-state index >= 15 is 0 Å².